The lowest BCUT2D eigenvalue weighted by Gasteiger charge is -2.36. The number of carboxylic acids is 1. The SMILES string of the molecule is CCCC(N1CCCCC1)n1cc(C(=O)O)c2ccccc21. The first-order chi connectivity index (χ1) is 10.7. The number of para-hydroxylation sites is 1. The molecule has 1 aliphatic heterocycles. The van der Waals surface area contributed by atoms with E-state index < -0.39 is 5.97 Å². The number of nitrogens with zero attached hydrogens (tertiary/aromatic N) is 2. The Morgan fingerprint density at radius 2 is 1.95 bits per heavy atom. The Morgan fingerprint density at radius 3 is 2.64 bits per heavy atom. The van der Waals surface area contributed by atoms with Crippen LogP contribution in [-0.4, -0.2) is 33.6 Å². The van der Waals surface area contributed by atoms with Crippen molar-refractivity contribution in [3.63, 3.8) is 0 Å². The molecule has 1 atom stereocenters. The van der Waals surface area contributed by atoms with Gasteiger partial charge in [0.1, 0.15) is 0 Å². The first kappa shape index (κ1) is 15.1. The zero-order valence-corrected chi connectivity index (χ0v) is 13.2. The van der Waals surface area contributed by atoms with Crippen LogP contribution in [0.25, 0.3) is 10.9 Å². The second-order valence-electron chi connectivity index (χ2n) is 6.14. The molecule has 0 radical (unpaired) electrons. The minimum atomic E-state index is -0.844. The maximum Gasteiger partial charge on any atom is 0.337 e. The summed E-state index contributed by atoms with van der Waals surface area (Å²) < 4.78 is 2.19. The summed E-state index contributed by atoms with van der Waals surface area (Å²) in [7, 11) is 0. The lowest BCUT2D eigenvalue weighted by molar-refractivity contribution is 0.0697. The monoisotopic (exact) mass is 300 g/mol. The quantitative estimate of drug-likeness (QED) is 0.903. The van der Waals surface area contributed by atoms with E-state index in [1.165, 1.54) is 19.3 Å². The number of aromatic carboxylic acids is 1. The van der Waals surface area contributed by atoms with Crippen molar-refractivity contribution in [2.75, 3.05) is 13.1 Å². The lowest BCUT2D eigenvalue weighted by Crippen LogP contribution is -2.36. The van der Waals surface area contributed by atoms with Gasteiger partial charge >= 0.3 is 5.97 Å². The summed E-state index contributed by atoms with van der Waals surface area (Å²) in [5.41, 5.74) is 1.44. The van der Waals surface area contributed by atoms with Crippen molar-refractivity contribution in [1.29, 1.82) is 0 Å². The molecule has 22 heavy (non-hydrogen) atoms. The van der Waals surface area contributed by atoms with E-state index in [1.54, 1.807) is 0 Å². The van der Waals surface area contributed by atoms with Gasteiger partial charge in [0.05, 0.1) is 17.2 Å². The van der Waals surface area contributed by atoms with Gasteiger partial charge in [-0.15, -0.1) is 0 Å². The van der Waals surface area contributed by atoms with Crippen LogP contribution in [0.15, 0.2) is 30.5 Å². The zero-order valence-electron chi connectivity index (χ0n) is 13.2. The molecule has 0 aliphatic carbocycles. The third kappa shape index (κ3) is 2.75. The minimum absolute atomic E-state index is 0.267. The van der Waals surface area contributed by atoms with Gasteiger partial charge in [0, 0.05) is 24.7 Å². The Hall–Kier alpha value is -1.81. The van der Waals surface area contributed by atoms with Crippen molar-refractivity contribution in [3.05, 3.63) is 36.0 Å². The molecule has 0 bridgehead atoms. The summed E-state index contributed by atoms with van der Waals surface area (Å²) in [6, 6.07) is 7.85. The molecule has 1 aromatic carbocycles. The molecule has 0 saturated carbocycles. The second-order valence-corrected chi connectivity index (χ2v) is 6.14. The predicted molar refractivity (Wildman–Crippen MR) is 88.3 cm³/mol. The summed E-state index contributed by atoms with van der Waals surface area (Å²) >= 11 is 0. The van der Waals surface area contributed by atoms with Gasteiger partial charge in [-0.3, -0.25) is 4.90 Å². The van der Waals surface area contributed by atoms with Crippen LogP contribution in [0.1, 0.15) is 55.6 Å². The average Bonchev–Trinajstić information content (AvgIpc) is 2.93. The maximum absolute atomic E-state index is 11.6. The van der Waals surface area contributed by atoms with Gasteiger partial charge in [0.25, 0.3) is 0 Å². The number of benzene rings is 1. The Kier molecular flexibility index (Phi) is 4.48. The van der Waals surface area contributed by atoms with Crippen molar-refractivity contribution < 1.29 is 9.90 Å². The van der Waals surface area contributed by atoms with Crippen molar-refractivity contribution in [1.82, 2.24) is 9.47 Å². The standard InChI is InChI=1S/C18H24N2O2/c1-2-8-17(19-11-6-3-7-12-19)20-13-15(18(21)22)14-9-4-5-10-16(14)20/h4-5,9-10,13,17H,2-3,6-8,11-12H2,1H3,(H,21,22). The summed E-state index contributed by atoms with van der Waals surface area (Å²) in [5.74, 6) is -0.844. The highest BCUT2D eigenvalue weighted by atomic mass is 16.4. The number of likely N-dealkylation sites (tertiary alicyclic amines) is 1. The van der Waals surface area contributed by atoms with Crippen LogP contribution >= 0.6 is 0 Å². The summed E-state index contributed by atoms with van der Waals surface area (Å²) in [4.78, 5) is 14.1. The van der Waals surface area contributed by atoms with Crippen LogP contribution in [-0.2, 0) is 0 Å². The van der Waals surface area contributed by atoms with Crippen LogP contribution in [0.5, 0.6) is 0 Å². The van der Waals surface area contributed by atoms with E-state index in [4.69, 9.17) is 0 Å². The molecule has 0 spiro atoms. The number of carbonyl (C=O) groups is 1. The van der Waals surface area contributed by atoms with Gasteiger partial charge in [-0.2, -0.15) is 0 Å². The van der Waals surface area contributed by atoms with E-state index in [1.807, 2.05) is 30.5 Å². The van der Waals surface area contributed by atoms with Gasteiger partial charge in [0.2, 0.25) is 0 Å². The van der Waals surface area contributed by atoms with E-state index in [2.05, 4.69) is 16.4 Å². The Labute approximate surface area is 131 Å². The molecule has 1 fully saturated rings. The third-order valence-electron chi connectivity index (χ3n) is 4.65. The van der Waals surface area contributed by atoms with Crippen LogP contribution in [0, 0.1) is 0 Å². The van der Waals surface area contributed by atoms with Crippen LogP contribution in [0.3, 0.4) is 0 Å². The number of fused-ring (bicyclic) bond motifs is 1. The fraction of sp³-hybridized carbons (Fsp3) is 0.500. The van der Waals surface area contributed by atoms with E-state index >= 15 is 0 Å². The molecule has 4 nitrogen and oxygen atoms in total. The summed E-state index contributed by atoms with van der Waals surface area (Å²) in [5, 5.41) is 10.3. The van der Waals surface area contributed by atoms with Crippen molar-refractivity contribution in [2.45, 2.75) is 45.2 Å². The molecule has 118 valence electrons. The van der Waals surface area contributed by atoms with Crippen molar-refractivity contribution >= 4 is 16.9 Å². The van der Waals surface area contributed by atoms with Crippen LogP contribution in [0.4, 0.5) is 0 Å². The molecular weight excluding hydrogens is 276 g/mol. The first-order valence-electron chi connectivity index (χ1n) is 8.29. The maximum atomic E-state index is 11.6. The zero-order chi connectivity index (χ0) is 15.5. The first-order valence-corrected chi connectivity index (χ1v) is 8.29. The fourth-order valence-electron chi connectivity index (χ4n) is 3.59. The molecule has 1 aromatic heterocycles. The number of hydrogen-bond acceptors (Lipinski definition) is 2. The van der Waals surface area contributed by atoms with Gasteiger partial charge in [-0.25, -0.2) is 4.79 Å². The highest BCUT2D eigenvalue weighted by molar-refractivity contribution is 6.03. The van der Waals surface area contributed by atoms with Gasteiger partial charge < -0.3 is 9.67 Å². The highest BCUT2D eigenvalue weighted by Gasteiger charge is 2.24. The van der Waals surface area contributed by atoms with E-state index in [9.17, 15) is 9.90 Å². The molecule has 0 amide bonds. The second kappa shape index (κ2) is 6.53. The molecule has 3 rings (SSSR count). The molecule has 1 N–H and O–H groups in total. The van der Waals surface area contributed by atoms with E-state index in [0.717, 1.165) is 36.8 Å². The fourth-order valence-corrected chi connectivity index (χ4v) is 3.59. The molecular formula is C18H24N2O2. The summed E-state index contributed by atoms with van der Waals surface area (Å²) in [6.45, 7) is 4.42. The van der Waals surface area contributed by atoms with Crippen molar-refractivity contribution in [3.8, 4) is 0 Å². The molecule has 2 heterocycles. The Balaban J connectivity index is 2.06. The molecule has 1 unspecified atom stereocenters. The smallest absolute Gasteiger partial charge is 0.337 e. The van der Waals surface area contributed by atoms with E-state index in [0.29, 0.717) is 5.56 Å². The number of hydrogen-bond donors (Lipinski definition) is 1. The Morgan fingerprint density at radius 1 is 1.23 bits per heavy atom. The summed E-state index contributed by atoms with van der Waals surface area (Å²) in [6.07, 6.45) is 8.04. The lowest BCUT2D eigenvalue weighted by atomic mass is 10.1. The topological polar surface area (TPSA) is 45.5 Å². The number of aromatic nitrogens is 1. The molecule has 1 aliphatic rings. The number of piperidine rings is 1. The van der Waals surface area contributed by atoms with Gasteiger partial charge in [-0.05, 0) is 25.3 Å². The van der Waals surface area contributed by atoms with Crippen molar-refractivity contribution in [2.24, 2.45) is 0 Å². The highest BCUT2D eigenvalue weighted by Crippen LogP contribution is 2.30. The minimum Gasteiger partial charge on any atom is -0.478 e. The largest absolute Gasteiger partial charge is 0.478 e. The average molecular weight is 300 g/mol. The third-order valence-corrected chi connectivity index (χ3v) is 4.65. The molecule has 2 aromatic rings. The van der Waals surface area contributed by atoms with E-state index in [-0.39, 0.29) is 6.17 Å². The van der Waals surface area contributed by atoms with Gasteiger partial charge in [0.15, 0.2) is 0 Å². The predicted octanol–water partition coefficient (Wildman–Crippen LogP) is 4.12. The van der Waals surface area contributed by atoms with Crippen LogP contribution in [0.2, 0.25) is 0 Å². The normalized spacial score (nSPS) is 17.7. The Bertz CT molecular complexity index is 656. The molecule has 1 saturated heterocycles. The van der Waals surface area contributed by atoms with Gasteiger partial charge in [-0.1, -0.05) is 38.0 Å². The molecule has 4 heteroatoms. The number of rotatable bonds is 5. The van der Waals surface area contributed by atoms with Crippen LogP contribution < -0.4 is 0 Å². The number of carboxylic acid groups (broad SMARTS) is 1.